The number of nitrogens with zero attached hydrogens (tertiary/aromatic N) is 1. The van der Waals surface area contributed by atoms with Crippen molar-refractivity contribution in [3.05, 3.63) is 131 Å². The molecule has 224 valence electrons. The second-order valence-electron chi connectivity index (χ2n) is 10.7. The number of hydrogen-bond acceptors (Lipinski definition) is 6. The van der Waals surface area contributed by atoms with Crippen LogP contribution >= 0.6 is 0 Å². The topological polar surface area (TPSA) is 162 Å². The fourth-order valence-corrected chi connectivity index (χ4v) is 6.26. The first-order valence-electron chi connectivity index (χ1n) is 14.2. The second-order valence-corrected chi connectivity index (χ2v) is 10.7. The van der Waals surface area contributed by atoms with Gasteiger partial charge < -0.3 is 10.2 Å². The first-order valence-corrected chi connectivity index (χ1v) is 14.2. The molecule has 0 unspecified atom stereocenters. The Morgan fingerprint density at radius 3 is 1.43 bits per heavy atom. The van der Waals surface area contributed by atoms with Crippen molar-refractivity contribution in [1.82, 2.24) is 5.43 Å². The number of amides is 2. The number of carbonyl (C=O) groups is 4. The summed E-state index contributed by atoms with van der Waals surface area (Å²) in [6, 6.07) is 30.8. The smallest absolute Gasteiger partial charge is 0.336 e. The van der Waals surface area contributed by atoms with Crippen LogP contribution in [0.2, 0.25) is 0 Å². The van der Waals surface area contributed by atoms with E-state index in [1.807, 2.05) is 48.5 Å². The fourth-order valence-electron chi connectivity index (χ4n) is 6.26. The van der Waals surface area contributed by atoms with E-state index in [1.165, 1.54) is 17.1 Å². The molecule has 6 N–H and O–H groups in total. The first kappa shape index (κ1) is 28.3. The summed E-state index contributed by atoms with van der Waals surface area (Å²) in [4.78, 5) is 52.3. The summed E-state index contributed by atoms with van der Waals surface area (Å²) >= 11 is 0. The number of fused-ring (bicyclic) bond motifs is 2. The third-order valence-electron chi connectivity index (χ3n) is 8.20. The number of nitrogens with two attached hydrogens (primary N) is 1. The molecule has 46 heavy (non-hydrogen) atoms. The third-order valence-corrected chi connectivity index (χ3v) is 8.20. The Morgan fingerprint density at radius 2 is 0.957 bits per heavy atom. The summed E-state index contributed by atoms with van der Waals surface area (Å²) < 4.78 is 0. The van der Waals surface area contributed by atoms with Crippen LogP contribution in [0.25, 0.3) is 43.1 Å². The van der Waals surface area contributed by atoms with Crippen LogP contribution in [-0.4, -0.2) is 34.0 Å². The molecule has 10 nitrogen and oxygen atoms in total. The number of nitrogen functional groups attached to an aromatic ring is 1. The molecule has 7 aromatic rings. The average Bonchev–Trinajstić information content (AvgIpc) is 3.08. The van der Waals surface area contributed by atoms with Gasteiger partial charge in [0.25, 0.3) is 11.8 Å². The van der Waals surface area contributed by atoms with Crippen molar-refractivity contribution in [2.24, 2.45) is 5.84 Å². The Hall–Kier alpha value is -6.52. The van der Waals surface area contributed by atoms with Gasteiger partial charge in [-0.1, -0.05) is 60.7 Å². The largest absolute Gasteiger partial charge is 0.478 e. The van der Waals surface area contributed by atoms with Gasteiger partial charge in [-0.15, -0.1) is 0 Å². The lowest BCUT2D eigenvalue weighted by molar-refractivity contribution is 0.0695. The van der Waals surface area contributed by atoms with Gasteiger partial charge in [-0.2, -0.15) is 0 Å². The van der Waals surface area contributed by atoms with Crippen molar-refractivity contribution in [3.63, 3.8) is 0 Å². The van der Waals surface area contributed by atoms with Crippen molar-refractivity contribution >= 4 is 78.2 Å². The molecule has 0 spiro atoms. The lowest BCUT2D eigenvalue weighted by atomic mass is 9.84. The zero-order valence-electron chi connectivity index (χ0n) is 23.9. The molecule has 0 radical (unpaired) electrons. The lowest BCUT2D eigenvalue weighted by Crippen LogP contribution is -2.37. The van der Waals surface area contributed by atoms with Crippen molar-refractivity contribution in [2.45, 2.75) is 0 Å². The van der Waals surface area contributed by atoms with Gasteiger partial charge in [0, 0.05) is 16.3 Å². The minimum absolute atomic E-state index is 0.0973. The Labute approximate surface area is 260 Å². The maximum atomic E-state index is 14.6. The van der Waals surface area contributed by atoms with Gasteiger partial charge in [-0.05, 0) is 80.8 Å². The van der Waals surface area contributed by atoms with Gasteiger partial charge in [0.2, 0.25) is 0 Å². The van der Waals surface area contributed by atoms with Gasteiger partial charge in [0.1, 0.15) is 0 Å². The number of para-hydroxylation sites is 2. The standard InChI is InChI=1S/C36H24N4O6/c37-38-33(41)25-15-11-21-23-13-17-27(35(43)44)32-28(36(45)46)18-14-24(30(23)32)22-12-16-26(31(25)29(21)22)34(42)40(20-9-5-2-6-10-20)39-19-7-3-1-4-8-19/h1-18,39H,37H2,(H,38,41)(H,43,44)(H,45,46). The van der Waals surface area contributed by atoms with Gasteiger partial charge in [0.05, 0.1) is 28.1 Å². The van der Waals surface area contributed by atoms with Crippen LogP contribution in [0, 0.1) is 0 Å². The number of hydrazine groups is 2. The summed E-state index contributed by atoms with van der Waals surface area (Å²) in [5, 5.41) is 25.2. The van der Waals surface area contributed by atoms with E-state index in [0.717, 1.165) is 0 Å². The number of nitrogens with one attached hydrogen (secondary N) is 2. The molecule has 0 saturated heterocycles. The number of anilines is 2. The molecule has 0 saturated carbocycles. The molecule has 10 heteroatoms. The van der Waals surface area contributed by atoms with Crippen LogP contribution in [0.3, 0.4) is 0 Å². The molecule has 0 aliphatic rings. The van der Waals surface area contributed by atoms with E-state index in [1.54, 1.807) is 48.5 Å². The summed E-state index contributed by atoms with van der Waals surface area (Å²) in [5.41, 5.74) is 6.66. The van der Waals surface area contributed by atoms with E-state index in [2.05, 4.69) is 10.9 Å². The zero-order chi connectivity index (χ0) is 32.1. The maximum absolute atomic E-state index is 14.6. The summed E-state index contributed by atoms with van der Waals surface area (Å²) in [5.74, 6) is 2.02. The van der Waals surface area contributed by atoms with Crippen LogP contribution in [0.15, 0.2) is 109 Å². The third kappa shape index (κ3) is 4.32. The van der Waals surface area contributed by atoms with Gasteiger partial charge in [-0.25, -0.2) is 20.4 Å². The minimum Gasteiger partial charge on any atom is -0.478 e. The Bertz CT molecular complexity index is 2310. The highest BCUT2D eigenvalue weighted by molar-refractivity contribution is 6.38. The molecule has 0 aromatic heterocycles. The summed E-state index contributed by atoms with van der Waals surface area (Å²) in [6.45, 7) is 0. The molecule has 0 fully saturated rings. The quantitative estimate of drug-likeness (QED) is 0.0456. The lowest BCUT2D eigenvalue weighted by Gasteiger charge is -2.26. The molecule has 7 aromatic carbocycles. The molecule has 0 aliphatic heterocycles. The molecule has 0 bridgehead atoms. The van der Waals surface area contributed by atoms with E-state index in [9.17, 15) is 29.4 Å². The molecule has 0 atom stereocenters. The molecule has 2 amide bonds. The Balaban J connectivity index is 1.58. The van der Waals surface area contributed by atoms with Crippen LogP contribution in [0.4, 0.5) is 11.4 Å². The van der Waals surface area contributed by atoms with E-state index >= 15 is 0 Å². The summed E-state index contributed by atoms with van der Waals surface area (Å²) in [7, 11) is 0. The SMILES string of the molecule is NNC(=O)c1ccc2c3ccc(C(=O)O)c4c(C(=O)O)ccc(c5ccc(C(=O)N(Nc6ccccc6)c6ccccc6)c1c25)c43. The van der Waals surface area contributed by atoms with Crippen molar-refractivity contribution < 1.29 is 29.4 Å². The highest BCUT2D eigenvalue weighted by Crippen LogP contribution is 2.44. The van der Waals surface area contributed by atoms with Gasteiger partial charge in [0.15, 0.2) is 0 Å². The van der Waals surface area contributed by atoms with Gasteiger partial charge in [-0.3, -0.25) is 20.4 Å². The number of aromatic carboxylic acids is 2. The second kappa shape index (κ2) is 10.9. The number of carboxylic acids is 2. The number of benzene rings is 7. The first-order chi connectivity index (χ1) is 22.3. The Kier molecular flexibility index (Phi) is 6.69. The molecule has 0 heterocycles. The molecule has 7 rings (SSSR count). The van der Waals surface area contributed by atoms with Crippen molar-refractivity contribution in [1.29, 1.82) is 0 Å². The normalized spacial score (nSPS) is 11.2. The van der Waals surface area contributed by atoms with E-state index in [-0.39, 0.29) is 27.6 Å². The van der Waals surface area contributed by atoms with E-state index in [0.29, 0.717) is 49.1 Å². The summed E-state index contributed by atoms with van der Waals surface area (Å²) in [6.07, 6.45) is 0. The zero-order valence-corrected chi connectivity index (χ0v) is 23.9. The highest BCUT2D eigenvalue weighted by Gasteiger charge is 2.28. The van der Waals surface area contributed by atoms with Gasteiger partial charge >= 0.3 is 11.9 Å². The van der Waals surface area contributed by atoms with Crippen molar-refractivity contribution in [2.75, 3.05) is 10.4 Å². The number of carbonyl (C=O) groups excluding carboxylic acids is 2. The van der Waals surface area contributed by atoms with E-state index < -0.39 is 23.8 Å². The monoisotopic (exact) mass is 608 g/mol. The number of carboxylic acid groups (broad SMARTS) is 2. The van der Waals surface area contributed by atoms with Crippen LogP contribution in [0.1, 0.15) is 41.4 Å². The molecular formula is C36H24N4O6. The van der Waals surface area contributed by atoms with Crippen LogP contribution in [0.5, 0.6) is 0 Å². The van der Waals surface area contributed by atoms with Crippen LogP contribution < -0.4 is 21.7 Å². The Morgan fingerprint density at radius 1 is 0.522 bits per heavy atom. The predicted molar refractivity (Wildman–Crippen MR) is 177 cm³/mol. The maximum Gasteiger partial charge on any atom is 0.336 e. The molecule has 0 aliphatic carbocycles. The predicted octanol–water partition coefficient (Wildman–Crippen LogP) is 6.41. The van der Waals surface area contributed by atoms with Crippen molar-refractivity contribution in [3.8, 4) is 0 Å². The fraction of sp³-hybridized carbons (Fsp3) is 0. The molecular weight excluding hydrogens is 584 g/mol. The number of hydrogen-bond donors (Lipinski definition) is 5. The number of rotatable bonds is 7. The van der Waals surface area contributed by atoms with Crippen LogP contribution in [-0.2, 0) is 0 Å². The highest BCUT2D eigenvalue weighted by atomic mass is 16.4. The average molecular weight is 609 g/mol. The van der Waals surface area contributed by atoms with E-state index in [4.69, 9.17) is 5.84 Å². The minimum atomic E-state index is -1.26.